The van der Waals surface area contributed by atoms with E-state index in [0.29, 0.717) is 23.5 Å². The lowest BCUT2D eigenvalue weighted by atomic mass is 9.69. The van der Waals surface area contributed by atoms with Crippen molar-refractivity contribution in [2.45, 2.75) is 85.6 Å². The van der Waals surface area contributed by atoms with Crippen LogP contribution in [0.3, 0.4) is 0 Å². The van der Waals surface area contributed by atoms with Crippen molar-refractivity contribution in [3.8, 4) is 0 Å². The van der Waals surface area contributed by atoms with Gasteiger partial charge < -0.3 is 10.4 Å². The molecule has 0 saturated heterocycles. The summed E-state index contributed by atoms with van der Waals surface area (Å²) in [7, 11) is 0. The number of rotatable bonds is 8. The van der Waals surface area contributed by atoms with Crippen molar-refractivity contribution in [2.24, 2.45) is 16.7 Å². The van der Waals surface area contributed by atoms with Crippen LogP contribution in [-0.4, -0.2) is 24.3 Å². The summed E-state index contributed by atoms with van der Waals surface area (Å²) in [5, 5.41) is 12.7. The summed E-state index contributed by atoms with van der Waals surface area (Å²) in [6.07, 6.45) is 8.77. The van der Waals surface area contributed by atoms with Crippen LogP contribution in [0.2, 0.25) is 0 Å². The normalized spacial score (nSPS) is 24.9. The maximum absolute atomic E-state index is 8.95. The summed E-state index contributed by atoms with van der Waals surface area (Å²) in [6.45, 7) is 13.2. The third-order valence-electron chi connectivity index (χ3n) is 5.62. The van der Waals surface area contributed by atoms with Gasteiger partial charge in [-0.1, -0.05) is 41.0 Å². The number of hydrogen-bond acceptors (Lipinski definition) is 2. The molecular weight excluding hydrogens is 246 g/mol. The Balaban J connectivity index is 2.29. The second kappa shape index (κ2) is 7.79. The molecule has 1 saturated carbocycles. The maximum Gasteiger partial charge on any atom is 0.0431 e. The highest BCUT2D eigenvalue weighted by Gasteiger charge is 2.32. The predicted molar refractivity (Wildman–Crippen MR) is 87.9 cm³/mol. The Morgan fingerprint density at radius 3 is 2.15 bits per heavy atom. The molecule has 0 spiro atoms. The second-order valence-electron chi connectivity index (χ2n) is 8.26. The Kier molecular flexibility index (Phi) is 7.00. The van der Waals surface area contributed by atoms with E-state index >= 15 is 0 Å². The molecule has 0 aromatic carbocycles. The molecule has 1 rings (SSSR count). The molecule has 1 aliphatic carbocycles. The molecule has 0 aromatic heterocycles. The predicted octanol–water partition coefficient (Wildman–Crippen LogP) is 4.37. The van der Waals surface area contributed by atoms with E-state index in [2.05, 4.69) is 39.9 Å². The van der Waals surface area contributed by atoms with Gasteiger partial charge in [-0.25, -0.2) is 0 Å². The lowest BCUT2D eigenvalue weighted by Gasteiger charge is -2.40. The van der Waals surface area contributed by atoms with Gasteiger partial charge in [0.15, 0.2) is 0 Å². The fourth-order valence-corrected chi connectivity index (χ4v) is 3.43. The minimum atomic E-state index is 0.308. The minimum Gasteiger partial charge on any atom is -0.396 e. The molecule has 0 atom stereocenters. The highest BCUT2D eigenvalue weighted by molar-refractivity contribution is 4.86. The van der Waals surface area contributed by atoms with Gasteiger partial charge in [0.05, 0.1) is 0 Å². The zero-order chi connectivity index (χ0) is 15.2. The zero-order valence-electron chi connectivity index (χ0n) is 14.5. The molecule has 20 heavy (non-hydrogen) atoms. The molecule has 1 aliphatic rings. The molecule has 120 valence electrons. The van der Waals surface area contributed by atoms with Crippen LogP contribution in [0.15, 0.2) is 0 Å². The summed E-state index contributed by atoms with van der Waals surface area (Å²) in [6, 6.07) is 0.715. The Morgan fingerprint density at radius 1 is 1.05 bits per heavy atom. The van der Waals surface area contributed by atoms with Crippen LogP contribution in [0.1, 0.15) is 79.6 Å². The molecule has 0 aromatic rings. The topological polar surface area (TPSA) is 32.3 Å². The molecule has 0 bridgehead atoms. The van der Waals surface area contributed by atoms with Crippen LogP contribution >= 0.6 is 0 Å². The van der Waals surface area contributed by atoms with Crippen molar-refractivity contribution >= 4 is 0 Å². The number of hydrogen-bond donors (Lipinski definition) is 2. The summed E-state index contributed by atoms with van der Waals surface area (Å²) in [4.78, 5) is 0. The first-order chi connectivity index (χ1) is 9.30. The Morgan fingerprint density at radius 2 is 1.65 bits per heavy atom. The second-order valence-corrected chi connectivity index (χ2v) is 8.26. The molecule has 0 aliphatic heterocycles. The van der Waals surface area contributed by atoms with E-state index in [1.807, 2.05) is 0 Å². The first kappa shape index (κ1) is 18.0. The van der Waals surface area contributed by atoms with Gasteiger partial charge in [-0.05, 0) is 55.3 Å². The van der Waals surface area contributed by atoms with Crippen molar-refractivity contribution < 1.29 is 5.11 Å². The first-order valence-corrected chi connectivity index (χ1v) is 8.65. The molecule has 0 amide bonds. The van der Waals surface area contributed by atoms with E-state index < -0.39 is 0 Å². The van der Waals surface area contributed by atoms with Gasteiger partial charge in [0.2, 0.25) is 0 Å². The van der Waals surface area contributed by atoms with Crippen LogP contribution < -0.4 is 5.32 Å². The van der Waals surface area contributed by atoms with E-state index in [4.69, 9.17) is 5.11 Å². The lowest BCUT2D eigenvalue weighted by Crippen LogP contribution is -2.41. The van der Waals surface area contributed by atoms with E-state index in [-0.39, 0.29) is 0 Å². The van der Waals surface area contributed by atoms with Gasteiger partial charge in [0, 0.05) is 19.2 Å². The molecule has 0 unspecified atom stereocenters. The lowest BCUT2D eigenvalue weighted by molar-refractivity contribution is 0.132. The summed E-state index contributed by atoms with van der Waals surface area (Å²) in [5.74, 6) is 0.910. The van der Waals surface area contributed by atoms with Crippen LogP contribution in [0.4, 0.5) is 0 Å². The highest BCUT2D eigenvalue weighted by Crippen LogP contribution is 2.40. The Bertz CT molecular complexity index is 265. The van der Waals surface area contributed by atoms with E-state index in [0.717, 1.165) is 25.3 Å². The monoisotopic (exact) mass is 283 g/mol. The van der Waals surface area contributed by atoms with Gasteiger partial charge in [0.1, 0.15) is 0 Å². The van der Waals surface area contributed by atoms with Gasteiger partial charge in [-0.2, -0.15) is 0 Å². The van der Waals surface area contributed by atoms with Gasteiger partial charge in [-0.3, -0.25) is 0 Å². The number of nitrogens with one attached hydrogen (secondary N) is 1. The summed E-state index contributed by atoms with van der Waals surface area (Å²) in [5.41, 5.74) is 0.827. The molecule has 0 radical (unpaired) electrons. The van der Waals surface area contributed by atoms with Gasteiger partial charge in [-0.15, -0.1) is 0 Å². The van der Waals surface area contributed by atoms with Crippen LogP contribution in [0.25, 0.3) is 0 Å². The summed E-state index contributed by atoms with van der Waals surface area (Å²) < 4.78 is 0. The van der Waals surface area contributed by atoms with Crippen LogP contribution in [0, 0.1) is 16.7 Å². The zero-order valence-corrected chi connectivity index (χ0v) is 14.5. The highest BCUT2D eigenvalue weighted by atomic mass is 16.2. The van der Waals surface area contributed by atoms with E-state index in [9.17, 15) is 0 Å². The standard InChI is InChI=1S/C18H37NO/c1-6-18(4,5)15-8-10-16(11-9-15)19-14-17(2,3)12-7-13-20/h15-16,19-20H,6-14H2,1-5H3. The third kappa shape index (κ3) is 5.73. The molecule has 2 nitrogen and oxygen atoms in total. The molecule has 2 heteroatoms. The van der Waals surface area contributed by atoms with Crippen molar-refractivity contribution in [3.63, 3.8) is 0 Å². The quantitative estimate of drug-likeness (QED) is 0.693. The first-order valence-electron chi connectivity index (χ1n) is 8.65. The molecule has 0 heterocycles. The number of aliphatic hydroxyl groups is 1. The van der Waals surface area contributed by atoms with Crippen LogP contribution in [-0.2, 0) is 0 Å². The van der Waals surface area contributed by atoms with Gasteiger partial charge >= 0.3 is 0 Å². The smallest absolute Gasteiger partial charge is 0.0431 e. The average Bonchev–Trinajstić information content (AvgIpc) is 2.43. The van der Waals surface area contributed by atoms with E-state index in [1.165, 1.54) is 32.1 Å². The number of aliphatic hydroxyl groups excluding tert-OH is 1. The van der Waals surface area contributed by atoms with Crippen molar-refractivity contribution in [1.29, 1.82) is 0 Å². The summed E-state index contributed by atoms with van der Waals surface area (Å²) >= 11 is 0. The maximum atomic E-state index is 8.95. The Labute approximate surface area is 126 Å². The average molecular weight is 284 g/mol. The van der Waals surface area contributed by atoms with Crippen molar-refractivity contribution in [3.05, 3.63) is 0 Å². The minimum absolute atomic E-state index is 0.308. The fourth-order valence-electron chi connectivity index (χ4n) is 3.43. The molecular formula is C18H37NO. The fraction of sp³-hybridized carbons (Fsp3) is 1.00. The van der Waals surface area contributed by atoms with Crippen LogP contribution in [0.5, 0.6) is 0 Å². The van der Waals surface area contributed by atoms with Crippen molar-refractivity contribution in [2.75, 3.05) is 13.2 Å². The molecule has 1 fully saturated rings. The van der Waals surface area contributed by atoms with Gasteiger partial charge in [0.25, 0.3) is 0 Å². The third-order valence-corrected chi connectivity index (χ3v) is 5.62. The Hall–Kier alpha value is -0.0800. The SMILES string of the molecule is CCC(C)(C)C1CCC(NCC(C)(C)CCCO)CC1. The van der Waals surface area contributed by atoms with E-state index in [1.54, 1.807) is 0 Å². The largest absolute Gasteiger partial charge is 0.396 e. The molecule has 2 N–H and O–H groups in total. The van der Waals surface area contributed by atoms with Crippen molar-refractivity contribution in [1.82, 2.24) is 5.32 Å².